The molecule has 0 bridgehead atoms. The average molecular weight is 387 g/mol. The Morgan fingerprint density at radius 1 is 1.27 bits per heavy atom. The predicted molar refractivity (Wildman–Crippen MR) is 88.8 cm³/mol. The second-order valence-electron chi connectivity index (χ2n) is 5.40. The summed E-state index contributed by atoms with van der Waals surface area (Å²) in [6.07, 6.45) is 0.419. The first-order valence-corrected chi connectivity index (χ1v) is 8.36. The van der Waals surface area contributed by atoms with E-state index in [4.69, 9.17) is 5.73 Å². The van der Waals surface area contributed by atoms with Crippen LogP contribution in [0.3, 0.4) is 0 Å². The average Bonchev–Trinajstić information content (AvgIpc) is 2.93. The molecule has 0 aliphatic heterocycles. The molecule has 1 heterocycles. The number of amides is 2. The number of hydrogen-bond acceptors (Lipinski definition) is 5. The SMILES string of the molecule is C[C@H](Sc1nnc(CCC(N)=O)n1C)C(=O)Nc1ccc(F)c(F)c1F. The molecule has 0 aliphatic carbocycles. The molecule has 11 heteroatoms. The number of halogens is 3. The smallest absolute Gasteiger partial charge is 0.237 e. The van der Waals surface area contributed by atoms with Crippen molar-refractivity contribution in [2.45, 2.75) is 30.2 Å². The summed E-state index contributed by atoms with van der Waals surface area (Å²) < 4.78 is 41.4. The Hall–Kier alpha value is -2.56. The Kier molecular flexibility index (Phi) is 6.24. The van der Waals surface area contributed by atoms with E-state index in [1.54, 1.807) is 11.6 Å². The monoisotopic (exact) mass is 387 g/mol. The van der Waals surface area contributed by atoms with E-state index in [-0.39, 0.29) is 6.42 Å². The molecule has 0 radical (unpaired) electrons. The van der Waals surface area contributed by atoms with Gasteiger partial charge in [0.2, 0.25) is 11.8 Å². The predicted octanol–water partition coefficient (Wildman–Crippen LogP) is 1.77. The van der Waals surface area contributed by atoms with E-state index < -0.39 is 40.2 Å². The van der Waals surface area contributed by atoms with Gasteiger partial charge in [-0.05, 0) is 19.1 Å². The number of aromatic nitrogens is 3. The molecular weight excluding hydrogens is 371 g/mol. The highest BCUT2D eigenvalue weighted by Crippen LogP contribution is 2.24. The highest BCUT2D eigenvalue weighted by molar-refractivity contribution is 8.00. The number of thioether (sulfide) groups is 1. The van der Waals surface area contributed by atoms with Crippen LogP contribution in [-0.2, 0) is 23.1 Å². The first kappa shape index (κ1) is 19.8. The van der Waals surface area contributed by atoms with Crippen LogP contribution < -0.4 is 11.1 Å². The second kappa shape index (κ2) is 8.21. The third-order valence-corrected chi connectivity index (χ3v) is 4.60. The maximum atomic E-state index is 13.6. The molecule has 1 aromatic carbocycles. The van der Waals surface area contributed by atoms with E-state index in [1.165, 1.54) is 6.92 Å². The third-order valence-electron chi connectivity index (χ3n) is 3.46. The minimum atomic E-state index is -1.66. The highest BCUT2D eigenvalue weighted by atomic mass is 32.2. The molecule has 1 atom stereocenters. The molecule has 26 heavy (non-hydrogen) atoms. The molecule has 1 aromatic heterocycles. The molecule has 3 N–H and O–H groups in total. The Bertz CT molecular complexity index is 843. The lowest BCUT2D eigenvalue weighted by atomic mass is 10.2. The summed E-state index contributed by atoms with van der Waals surface area (Å²) in [5.41, 5.74) is 4.63. The molecule has 2 amide bonds. The summed E-state index contributed by atoms with van der Waals surface area (Å²) >= 11 is 1.04. The standard InChI is InChI=1S/C15H16F3N5O2S/c1-7(14(25)20-9-4-3-8(16)12(17)13(9)18)26-15-22-21-11(23(15)2)6-5-10(19)24/h3-4,7H,5-6H2,1-2H3,(H2,19,24)(H,20,25)/t7-/m0/s1. The number of benzene rings is 1. The molecule has 2 rings (SSSR count). The quantitative estimate of drug-likeness (QED) is 0.557. The summed E-state index contributed by atoms with van der Waals surface area (Å²) in [5.74, 6) is -5.04. The first-order chi connectivity index (χ1) is 12.2. The van der Waals surface area contributed by atoms with Crippen LogP contribution in [0.1, 0.15) is 19.2 Å². The number of primary amides is 1. The number of anilines is 1. The Balaban J connectivity index is 2.04. The Labute approximate surface area is 151 Å². The van der Waals surface area contributed by atoms with Crippen LogP contribution in [0.5, 0.6) is 0 Å². The fraction of sp³-hybridized carbons (Fsp3) is 0.333. The summed E-state index contributed by atoms with van der Waals surface area (Å²) in [5, 5.41) is 9.73. The van der Waals surface area contributed by atoms with Gasteiger partial charge in [0.05, 0.1) is 10.9 Å². The van der Waals surface area contributed by atoms with Gasteiger partial charge in [-0.3, -0.25) is 9.59 Å². The number of aryl methyl sites for hydroxylation is 1. The van der Waals surface area contributed by atoms with Crippen molar-refractivity contribution in [3.8, 4) is 0 Å². The van der Waals surface area contributed by atoms with Crippen molar-refractivity contribution >= 4 is 29.3 Å². The third kappa shape index (κ3) is 4.54. The second-order valence-corrected chi connectivity index (χ2v) is 6.70. The van der Waals surface area contributed by atoms with Crippen molar-refractivity contribution in [3.63, 3.8) is 0 Å². The van der Waals surface area contributed by atoms with Crippen LogP contribution in [-0.4, -0.2) is 31.8 Å². The van der Waals surface area contributed by atoms with Gasteiger partial charge >= 0.3 is 0 Å². The van der Waals surface area contributed by atoms with Crippen LogP contribution in [0, 0.1) is 17.5 Å². The summed E-state index contributed by atoms with van der Waals surface area (Å²) in [6.45, 7) is 1.54. The lowest BCUT2D eigenvalue weighted by molar-refractivity contribution is -0.118. The van der Waals surface area contributed by atoms with E-state index in [1.807, 2.05) is 0 Å². The number of hydrogen-bond donors (Lipinski definition) is 2. The molecule has 2 aromatic rings. The molecule has 0 saturated carbocycles. The number of nitrogens with two attached hydrogens (primary N) is 1. The van der Waals surface area contributed by atoms with Gasteiger partial charge in [0, 0.05) is 19.9 Å². The fourth-order valence-corrected chi connectivity index (χ4v) is 2.80. The van der Waals surface area contributed by atoms with Gasteiger partial charge in [-0.15, -0.1) is 10.2 Å². The maximum Gasteiger partial charge on any atom is 0.237 e. The molecule has 7 nitrogen and oxygen atoms in total. The zero-order valence-corrected chi connectivity index (χ0v) is 14.7. The van der Waals surface area contributed by atoms with Crippen molar-refractivity contribution in [2.24, 2.45) is 12.8 Å². The van der Waals surface area contributed by atoms with Crippen molar-refractivity contribution in [1.29, 1.82) is 0 Å². The van der Waals surface area contributed by atoms with Gasteiger partial charge in [0.25, 0.3) is 0 Å². The first-order valence-electron chi connectivity index (χ1n) is 7.48. The number of carbonyl (C=O) groups excluding carboxylic acids is 2. The topological polar surface area (TPSA) is 103 Å². The number of rotatable bonds is 7. The summed E-state index contributed by atoms with van der Waals surface area (Å²) in [7, 11) is 1.66. The van der Waals surface area contributed by atoms with Crippen LogP contribution in [0.2, 0.25) is 0 Å². The van der Waals surface area contributed by atoms with Crippen LogP contribution >= 0.6 is 11.8 Å². The maximum absolute atomic E-state index is 13.6. The van der Waals surface area contributed by atoms with Gasteiger partial charge in [-0.1, -0.05) is 11.8 Å². The van der Waals surface area contributed by atoms with Gasteiger partial charge in [-0.2, -0.15) is 0 Å². The lowest BCUT2D eigenvalue weighted by Crippen LogP contribution is -2.23. The van der Waals surface area contributed by atoms with Crippen LogP contribution in [0.15, 0.2) is 17.3 Å². The minimum absolute atomic E-state index is 0.113. The molecule has 0 fully saturated rings. The van der Waals surface area contributed by atoms with Gasteiger partial charge in [0.1, 0.15) is 5.82 Å². The molecule has 0 aliphatic rings. The van der Waals surface area contributed by atoms with Crippen molar-refractivity contribution in [2.75, 3.05) is 5.32 Å². The van der Waals surface area contributed by atoms with E-state index in [0.29, 0.717) is 17.4 Å². The number of carbonyl (C=O) groups is 2. The van der Waals surface area contributed by atoms with Crippen LogP contribution in [0.25, 0.3) is 0 Å². The molecule has 0 unspecified atom stereocenters. The van der Waals surface area contributed by atoms with Crippen molar-refractivity contribution in [3.05, 3.63) is 35.4 Å². The molecular formula is C15H16F3N5O2S. The summed E-state index contributed by atoms with van der Waals surface area (Å²) in [4.78, 5) is 23.0. The van der Waals surface area contributed by atoms with Crippen molar-refractivity contribution in [1.82, 2.24) is 14.8 Å². The molecule has 0 spiro atoms. The Morgan fingerprint density at radius 3 is 2.62 bits per heavy atom. The van der Waals surface area contributed by atoms with Gasteiger partial charge in [-0.25, -0.2) is 13.2 Å². The molecule has 0 saturated heterocycles. The molecule has 140 valence electrons. The van der Waals surface area contributed by atoms with E-state index >= 15 is 0 Å². The largest absolute Gasteiger partial charge is 0.370 e. The number of nitrogens with zero attached hydrogens (tertiary/aromatic N) is 3. The zero-order chi connectivity index (χ0) is 19.4. The summed E-state index contributed by atoms with van der Waals surface area (Å²) in [6, 6.07) is 1.66. The van der Waals surface area contributed by atoms with Crippen molar-refractivity contribution < 1.29 is 22.8 Å². The fourth-order valence-electron chi connectivity index (χ4n) is 1.97. The van der Waals surface area contributed by atoms with Gasteiger partial charge in [0.15, 0.2) is 22.6 Å². The normalized spacial score (nSPS) is 12.0. The van der Waals surface area contributed by atoms with E-state index in [2.05, 4.69) is 15.5 Å². The zero-order valence-electron chi connectivity index (χ0n) is 13.9. The van der Waals surface area contributed by atoms with Gasteiger partial charge < -0.3 is 15.6 Å². The minimum Gasteiger partial charge on any atom is -0.370 e. The number of nitrogens with one attached hydrogen (secondary N) is 1. The van der Waals surface area contributed by atoms with Crippen LogP contribution in [0.4, 0.5) is 18.9 Å². The lowest BCUT2D eigenvalue weighted by Gasteiger charge is -2.12. The Morgan fingerprint density at radius 2 is 1.96 bits per heavy atom. The van der Waals surface area contributed by atoms with E-state index in [0.717, 1.165) is 23.9 Å². The van der Waals surface area contributed by atoms with E-state index in [9.17, 15) is 22.8 Å². The highest BCUT2D eigenvalue weighted by Gasteiger charge is 2.21.